The van der Waals surface area contributed by atoms with Crippen LogP contribution >= 0.6 is 0 Å². The second-order valence-electron chi connectivity index (χ2n) is 5.23. The van der Waals surface area contributed by atoms with Gasteiger partial charge in [-0.15, -0.1) is 0 Å². The van der Waals surface area contributed by atoms with E-state index in [1.54, 1.807) is 0 Å². The van der Waals surface area contributed by atoms with Gasteiger partial charge in [-0.2, -0.15) is 0 Å². The number of hydrogen-bond acceptors (Lipinski definition) is 1. The van der Waals surface area contributed by atoms with Crippen molar-refractivity contribution in [3.63, 3.8) is 0 Å². The van der Waals surface area contributed by atoms with Crippen LogP contribution in [0.4, 0.5) is 0 Å². The first-order valence-corrected chi connectivity index (χ1v) is 6.97. The third kappa shape index (κ3) is 2.69. The van der Waals surface area contributed by atoms with Crippen molar-refractivity contribution in [3.8, 4) is 5.75 Å². The molecule has 20 heavy (non-hydrogen) atoms. The molecule has 102 valence electrons. The van der Waals surface area contributed by atoms with Crippen LogP contribution in [0, 0.1) is 13.8 Å². The molecule has 0 unspecified atom stereocenters. The molecule has 2 nitrogen and oxygen atoms in total. The Kier molecular flexibility index (Phi) is 3.46. The number of aromatic nitrogens is 1. The number of rotatable bonds is 4. The summed E-state index contributed by atoms with van der Waals surface area (Å²) in [7, 11) is 0. The maximum Gasteiger partial charge on any atom is 0.119 e. The summed E-state index contributed by atoms with van der Waals surface area (Å²) in [6, 6.07) is 16.9. The number of benzene rings is 2. The lowest BCUT2D eigenvalue weighted by Crippen LogP contribution is -2.07. The summed E-state index contributed by atoms with van der Waals surface area (Å²) in [5.41, 5.74) is 3.82. The van der Waals surface area contributed by atoms with Crippen LogP contribution in [-0.2, 0) is 6.54 Å². The summed E-state index contributed by atoms with van der Waals surface area (Å²) < 4.78 is 8.03. The standard InChI is InChI=1S/C18H19NO/c1-14-3-6-17(7-4-14)20-12-11-19-10-9-16-13-15(2)5-8-18(16)19/h3-10,13H,11-12H2,1-2H3. The van der Waals surface area contributed by atoms with Crippen LogP contribution < -0.4 is 4.74 Å². The number of hydrogen-bond donors (Lipinski definition) is 0. The van der Waals surface area contributed by atoms with E-state index in [1.807, 2.05) is 12.1 Å². The number of ether oxygens (including phenoxy) is 1. The third-order valence-electron chi connectivity index (χ3n) is 3.55. The molecule has 0 fully saturated rings. The van der Waals surface area contributed by atoms with E-state index in [1.165, 1.54) is 22.0 Å². The zero-order valence-electron chi connectivity index (χ0n) is 12.0. The minimum Gasteiger partial charge on any atom is -0.492 e. The van der Waals surface area contributed by atoms with Crippen LogP contribution in [0.25, 0.3) is 10.9 Å². The Balaban J connectivity index is 1.66. The molecule has 0 bridgehead atoms. The average Bonchev–Trinajstić information content (AvgIpc) is 2.83. The molecule has 1 heterocycles. The van der Waals surface area contributed by atoms with Crippen molar-refractivity contribution >= 4 is 10.9 Å². The maximum absolute atomic E-state index is 5.79. The molecule has 0 saturated heterocycles. The summed E-state index contributed by atoms with van der Waals surface area (Å²) in [4.78, 5) is 0. The van der Waals surface area contributed by atoms with Crippen molar-refractivity contribution in [2.75, 3.05) is 6.61 Å². The SMILES string of the molecule is Cc1ccc(OCCn2ccc3cc(C)ccc32)cc1. The zero-order chi connectivity index (χ0) is 13.9. The van der Waals surface area contributed by atoms with E-state index in [0.29, 0.717) is 6.61 Å². The molecule has 0 saturated carbocycles. The number of aryl methyl sites for hydroxylation is 2. The van der Waals surface area contributed by atoms with Crippen LogP contribution in [0.1, 0.15) is 11.1 Å². The molecule has 3 aromatic rings. The molecular formula is C18H19NO. The third-order valence-corrected chi connectivity index (χ3v) is 3.55. The van der Waals surface area contributed by atoms with E-state index < -0.39 is 0 Å². The van der Waals surface area contributed by atoms with Gasteiger partial charge in [0.2, 0.25) is 0 Å². The quantitative estimate of drug-likeness (QED) is 0.684. The lowest BCUT2D eigenvalue weighted by Gasteiger charge is -2.08. The highest BCUT2D eigenvalue weighted by Crippen LogP contribution is 2.17. The molecule has 0 N–H and O–H groups in total. The summed E-state index contributed by atoms with van der Waals surface area (Å²) in [5.74, 6) is 0.933. The maximum atomic E-state index is 5.79. The Labute approximate surface area is 119 Å². The zero-order valence-corrected chi connectivity index (χ0v) is 12.0. The Morgan fingerprint density at radius 1 is 0.900 bits per heavy atom. The van der Waals surface area contributed by atoms with Crippen molar-refractivity contribution < 1.29 is 4.74 Å². The van der Waals surface area contributed by atoms with E-state index in [2.05, 4.69) is 61.0 Å². The predicted octanol–water partition coefficient (Wildman–Crippen LogP) is 4.34. The first kappa shape index (κ1) is 12.8. The first-order chi connectivity index (χ1) is 9.72. The second kappa shape index (κ2) is 5.41. The normalized spacial score (nSPS) is 10.9. The van der Waals surface area contributed by atoms with Crippen molar-refractivity contribution in [1.82, 2.24) is 4.57 Å². The van der Waals surface area contributed by atoms with Gasteiger partial charge in [-0.25, -0.2) is 0 Å². The van der Waals surface area contributed by atoms with Crippen LogP contribution in [0.5, 0.6) is 5.75 Å². The summed E-state index contributed by atoms with van der Waals surface area (Å²) >= 11 is 0. The molecule has 0 aliphatic rings. The monoisotopic (exact) mass is 265 g/mol. The van der Waals surface area contributed by atoms with Gasteiger partial charge in [0, 0.05) is 11.7 Å². The number of nitrogens with zero attached hydrogens (tertiary/aromatic N) is 1. The van der Waals surface area contributed by atoms with Gasteiger partial charge < -0.3 is 9.30 Å². The van der Waals surface area contributed by atoms with Crippen LogP contribution in [0.2, 0.25) is 0 Å². The Morgan fingerprint density at radius 3 is 2.45 bits per heavy atom. The fourth-order valence-electron chi connectivity index (χ4n) is 2.41. The van der Waals surface area contributed by atoms with Crippen molar-refractivity contribution in [1.29, 1.82) is 0 Å². The average molecular weight is 265 g/mol. The molecule has 0 spiro atoms. The molecule has 0 aliphatic carbocycles. The summed E-state index contributed by atoms with van der Waals surface area (Å²) in [6.45, 7) is 5.75. The number of fused-ring (bicyclic) bond motifs is 1. The van der Waals surface area contributed by atoms with Gasteiger partial charge >= 0.3 is 0 Å². The lowest BCUT2D eigenvalue weighted by molar-refractivity contribution is 0.300. The van der Waals surface area contributed by atoms with E-state index in [4.69, 9.17) is 4.74 Å². The topological polar surface area (TPSA) is 14.2 Å². The van der Waals surface area contributed by atoms with Gasteiger partial charge in [0.05, 0.1) is 6.54 Å². The Hall–Kier alpha value is -2.22. The van der Waals surface area contributed by atoms with E-state index in [9.17, 15) is 0 Å². The predicted molar refractivity (Wildman–Crippen MR) is 83.3 cm³/mol. The van der Waals surface area contributed by atoms with Crippen LogP contribution in [-0.4, -0.2) is 11.2 Å². The van der Waals surface area contributed by atoms with E-state index in [0.717, 1.165) is 12.3 Å². The van der Waals surface area contributed by atoms with Gasteiger partial charge in [0.25, 0.3) is 0 Å². The van der Waals surface area contributed by atoms with Crippen molar-refractivity contribution in [3.05, 3.63) is 65.9 Å². The van der Waals surface area contributed by atoms with Crippen LogP contribution in [0.3, 0.4) is 0 Å². The second-order valence-corrected chi connectivity index (χ2v) is 5.23. The highest BCUT2D eigenvalue weighted by atomic mass is 16.5. The van der Waals surface area contributed by atoms with Crippen LogP contribution in [0.15, 0.2) is 54.7 Å². The van der Waals surface area contributed by atoms with E-state index in [-0.39, 0.29) is 0 Å². The molecule has 0 atom stereocenters. The largest absolute Gasteiger partial charge is 0.492 e. The fourth-order valence-corrected chi connectivity index (χ4v) is 2.41. The Bertz CT molecular complexity index is 710. The highest BCUT2D eigenvalue weighted by Gasteiger charge is 2.01. The smallest absolute Gasteiger partial charge is 0.119 e. The van der Waals surface area contributed by atoms with Crippen molar-refractivity contribution in [2.45, 2.75) is 20.4 Å². The molecular weight excluding hydrogens is 246 g/mol. The van der Waals surface area contributed by atoms with Gasteiger partial charge in [-0.05, 0) is 49.6 Å². The van der Waals surface area contributed by atoms with E-state index >= 15 is 0 Å². The van der Waals surface area contributed by atoms with Crippen molar-refractivity contribution in [2.24, 2.45) is 0 Å². The molecule has 2 heteroatoms. The fraction of sp³-hybridized carbons (Fsp3) is 0.222. The van der Waals surface area contributed by atoms with Gasteiger partial charge in [0.1, 0.15) is 12.4 Å². The minimum atomic E-state index is 0.681. The minimum absolute atomic E-state index is 0.681. The molecule has 0 amide bonds. The molecule has 3 rings (SSSR count). The lowest BCUT2D eigenvalue weighted by atomic mass is 10.2. The van der Waals surface area contributed by atoms with Gasteiger partial charge in [-0.1, -0.05) is 29.3 Å². The first-order valence-electron chi connectivity index (χ1n) is 6.97. The Morgan fingerprint density at radius 2 is 1.65 bits per heavy atom. The van der Waals surface area contributed by atoms with Gasteiger partial charge in [0.15, 0.2) is 0 Å². The molecule has 0 aliphatic heterocycles. The summed E-state index contributed by atoms with van der Waals surface area (Å²) in [5, 5.41) is 1.29. The summed E-state index contributed by atoms with van der Waals surface area (Å²) in [6.07, 6.45) is 2.13. The van der Waals surface area contributed by atoms with Gasteiger partial charge in [-0.3, -0.25) is 0 Å². The highest BCUT2D eigenvalue weighted by molar-refractivity contribution is 5.80. The molecule has 0 radical (unpaired) electrons. The molecule has 1 aromatic heterocycles. The molecule has 2 aromatic carbocycles.